The van der Waals surface area contributed by atoms with Crippen molar-refractivity contribution in [1.82, 2.24) is 15.5 Å². The third kappa shape index (κ3) is 5.75. The van der Waals surface area contributed by atoms with Crippen LogP contribution in [0.1, 0.15) is 106 Å². The summed E-state index contributed by atoms with van der Waals surface area (Å²) in [6.45, 7) is 8.62. The number of thioether (sulfide) groups is 1. The highest BCUT2D eigenvalue weighted by Crippen LogP contribution is 2.90. The van der Waals surface area contributed by atoms with Crippen LogP contribution < -0.4 is 10.6 Å². The van der Waals surface area contributed by atoms with Gasteiger partial charge in [0, 0.05) is 37.0 Å². The van der Waals surface area contributed by atoms with Gasteiger partial charge >= 0.3 is 0 Å². The summed E-state index contributed by atoms with van der Waals surface area (Å²) in [4.78, 5) is 50.6. The Morgan fingerprint density at radius 3 is 2.46 bits per heavy atom. The van der Waals surface area contributed by atoms with Crippen molar-refractivity contribution < 1.29 is 19.2 Å². The van der Waals surface area contributed by atoms with Crippen molar-refractivity contribution in [2.24, 2.45) is 22.2 Å². The monoisotopic (exact) mass is 583 g/mol. The van der Waals surface area contributed by atoms with E-state index in [2.05, 4.69) is 31.4 Å². The molecule has 0 heterocycles. The number of carbonyl (C=O) groups excluding carboxylic acids is 4. The van der Waals surface area contributed by atoms with Crippen LogP contribution in [0.2, 0.25) is 0 Å². The maximum atomic E-state index is 13.4. The van der Waals surface area contributed by atoms with E-state index >= 15 is 0 Å². The van der Waals surface area contributed by atoms with Crippen molar-refractivity contribution in [3.63, 3.8) is 0 Å². The van der Waals surface area contributed by atoms with E-state index in [0.29, 0.717) is 46.0 Å². The van der Waals surface area contributed by atoms with Gasteiger partial charge in [0.2, 0.25) is 5.91 Å². The van der Waals surface area contributed by atoms with Crippen molar-refractivity contribution in [2.45, 2.75) is 102 Å². The normalized spacial score (nSPS) is 27.6. The second-order valence-corrected chi connectivity index (χ2v) is 14.3. The minimum atomic E-state index is -0.740. The fourth-order valence-electron chi connectivity index (χ4n) is 8.47. The average Bonchev–Trinajstić information content (AvgIpc) is 3.42. The van der Waals surface area contributed by atoms with Crippen LogP contribution in [0.3, 0.4) is 0 Å². The zero-order chi connectivity index (χ0) is 29.8. The van der Waals surface area contributed by atoms with Crippen LogP contribution in [0.15, 0.2) is 23.1 Å². The number of benzene rings is 1. The molecule has 8 heteroatoms. The van der Waals surface area contributed by atoms with Gasteiger partial charge in [0.15, 0.2) is 6.29 Å². The molecule has 0 saturated heterocycles. The van der Waals surface area contributed by atoms with E-state index in [4.69, 9.17) is 0 Å². The van der Waals surface area contributed by atoms with Crippen LogP contribution in [0, 0.1) is 22.2 Å². The van der Waals surface area contributed by atoms with Crippen LogP contribution in [0.5, 0.6) is 0 Å². The third-order valence-corrected chi connectivity index (χ3v) is 12.3. The molecule has 3 fully saturated rings. The Morgan fingerprint density at radius 1 is 1.10 bits per heavy atom. The Hall–Kier alpha value is -2.19. The van der Waals surface area contributed by atoms with E-state index in [1.165, 1.54) is 50.5 Å². The van der Waals surface area contributed by atoms with E-state index in [9.17, 15) is 19.2 Å². The van der Waals surface area contributed by atoms with E-state index in [0.717, 1.165) is 36.0 Å². The van der Waals surface area contributed by atoms with Gasteiger partial charge in [-0.15, -0.1) is 11.8 Å². The molecule has 4 unspecified atom stereocenters. The van der Waals surface area contributed by atoms with Gasteiger partial charge in [-0.1, -0.05) is 52.2 Å². The quantitative estimate of drug-likeness (QED) is 0.143. The summed E-state index contributed by atoms with van der Waals surface area (Å²) >= 11 is 1.59. The zero-order valence-electron chi connectivity index (χ0n) is 25.6. The minimum Gasteiger partial charge on any atom is -0.359 e. The molecule has 7 nitrogen and oxygen atoms in total. The first kappa shape index (κ1) is 31.7. The molecule has 2 amide bonds. The lowest BCUT2D eigenvalue weighted by Gasteiger charge is -2.53. The number of hydrogen-bond acceptors (Lipinski definition) is 6. The van der Waals surface area contributed by atoms with Crippen molar-refractivity contribution in [3.8, 4) is 0 Å². The van der Waals surface area contributed by atoms with Crippen molar-refractivity contribution in [1.29, 1.82) is 0 Å². The highest BCUT2D eigenvalue weighted by molar-refractivity contribution is 7.99. The first-order chi connectivity index (χ1) is 19.6. The number of hydrogen-bond donors (Lipinski definition) is 2. The van der Waals surface area contributed by atoms with E-state index in [1.54, 1.807) is 30.9 Å². The molecule has 1 aromatic rings. The van der Waals surface area contributed by atoms with Gasteiger partial charge in [-0.05, 0) is 79.1 Å². The Kier molecular flexibility index (Phi) is 10.1. The molecule has 1 aromatic carbocycles. The van der Waals surface area contributed by atoms with E-state index < -0.39 is 6.04 Å². The topological polar surface area (TPSA) is 95.6 Å². The molecular formula is C33H49N3O4S. The number of carbonyl (C=O) groups is 4. The van der Waals surface area contributed by atoms with Crippen molar-refractivity contribution in [2.75, 3.05) is 26.4 Å². The fraction of sp³-hybridized carbons (Fsp3) is 0.697. The largest absolute Gasteiger partial charge is 0.359 e. The van der Waals surface area contributed by atoms with E-state index in [-0.39, 0.29) is 24.7 Å². The molecule has 41 heavy (non-hydrogen) atoms. The van der Waals surface area contributed by atoms with Crippen molar-refractivity contribution >= 4 is 36.1 Å². The lowest BCUT2D eigenvalue weighted by molar-refractivity contribution is -0.121. The van der Waals surface area contributed by atoms with Gasteiger partial charge in [-0.2, -0.15) is 0 Å². The molecule has 0 radical (unpaired) electrons. The maximum absolute atomic E-state index is 13.4. The summed E-state index contributed by atoms with van der Waals surface area (Å²) in [7, 11) is 3.09. The van der Waals surface area contributed by atoms with Crippen LogP contribution >= 0.6 is 11.8 Å². The maximum Gasteiger partial charge on any atom is 0.256 e. The first-order valence-corrected chi connectivity index (χ1v) is 16.4. The molecule has 226 valence electrons. The zero-order valence-corrected chi connectivity index (χ0v) is 26.4. The summed E-state index contributed by atoms with van der Waals surface area (Å²) < 4.78 is 0. The fourth-order valence-corrected chi connectivity index (χ4v) is 9.56. The molecular weight excluding hydrogens is 534 g/mol. The van der Waals surface area contributed by atoms with Gasteiger partial charge in [0.25, 0.3) is 5.91 Å². The summed E-state index contributed by atoms with van der Waals surface area (Å²) in [5.41, 5.74) is 2.35. The smallest absolute Gasteiger partial charge is 0.256 e. The average molecular weight is 584 g/mol. The first-order valence-electron chi connectivity index (χ1n) is 15.5. The summed E-state index contributed by atoms with van der Waals surface area (Å²) in [5, 5.41) is 6.46. The van der Waals surface area contributed by atoms with Gasteiger partial charge in [0.1, 0.15) is 6.29 Å². The number of amides is 2. The lowest BCUT2D eigenvalue weighted by Crippen LogP contribution is -2.53. The SMILES string of the molecule is CNC(=O)CCC(C=O)N(C)C(=O)c1c(C=O)cccc1SCCCCCCCN[C@H]1CC2C(C)(C)C23CCC13C. The number of nitrogens with zero attached hydrogens (tertiary/aromatic N) is 1. The summed E-state index contributed by atoms with van der Waals surface area (Å²) in [5.74, 6) is 1.22. The van der Waals surface area contributed by atoms with Crippen molar-refractivity contribution in [3.05, 3.63) is 29.3 Å². The Balaban J connectivity index is 1.17. The highest BCUT2D eigenvalue weighted by Gasteiger charge is 2.86. The molecule has 0 aliphatic heterocycles. The predicted octanol–water partition coefficient (Wildman–Crippen LogP) is 5.51. The molecule has 0 aromatic heterocycles. The van der Waals surface area contributed by atoms with Crippen LogP contribution in [-0.4, -0.2) is 67.8 Å². The number of likely N-dealkylation sites (N-methyl/N-ethyl adjacent to an activating group) is 1. The third-order valence-electron chi connectivity index (χ3n) is 11.1. The molecule has 3 saturated carbocycles. The Morgan fingerprint density at radius 2 is 1.83 bits per heavy atom. The van der Waals surface area contributed by atoms with Crippen LogP contribution in [0.4, 0.5) is 0 Å². The Bertz CT molecular complexity index is 1140. The standard InChI is InChI=1S/C33H49N3O4S/c1-31(2)26-20-27(32(3)16-17-33(26,31)32)35-18-9-7-6-8-10-19-41-25-13-11-12-23(21-37)29(25)30(40)36(5)24(22-38)14-15-28(39)34-4/h11-13,21-22,24,26-27,35H,6-10,14-20H2,1-5H3,(H,34,39)/t24?,26?,27-,32?,33?/m0/s1. The molecule has 1 spiro atoms. The number of unbranched alkanes of at least 4 members (excludes halogenated alkanes) is 4. The predicted molar refractivity (Wildman–Crippen MR) is 164 cm³/mol. The van der Waals surface area contributed by atoms with E-state index in [1.807, 2.05) is 6.07 Å². The minimum absolute atomic E-state index is 0.143. The Labute approximate surface area is 250 Å². The molecule has 0 bridgehead atoms. The van der Waals surface area contributed by atoms with Gasteiger partial charge in [-0.3, -0.25) is 14.4 Å². The molecule has 4 rings (SSSR count). The summed E-state index contributed by atoms with van der Waals surface area (Å²) in [6, 6.07) is 5.25. The molecule has 2 N–H and O–H groups in total. The van der Waals surface area contributed by atoms with Gasteiger partial charge in [0.05, 0.1) is 11.6 Å². The number of aldehydes is 2. The lowest BCUT2D eigenvalue weighted by atomic mass is 9.54. The van der Waals surface area contributed by atoms with Gasteiger partial charge < -0.3 is 20.3 Å². The molecule has 5 atom stereocenters. The van der Waals surface area contributed by atoms with Gasteiger partial charge in [-0.25, -0.2) is 0 Å². The van der Waals surface area contributed by atoms with Crippen LogP contribution in [0.25, 0.3) is 0 Å². The van der Waals surface area contributed by atoms with Crippen LogP contribution in [-0.2, 0) is 9.59 Å². The summed E-state index contributed by atoms with van der Waals surface area (Å²) in [6.07, 6.45) is 11.7. The molecule has 3 aliphatic carbocycles. The highest BCUT2D eigenvalue weighted by atomic mass is 32.2. The second-order valence-electron chi connectivity index (χ2n) is 13.2. The number of nitrogens with one attached hydrogen (secondary N) is 2. The number of rotatable bonds is 17. The second kappa shape index (κ2) is 13.0. The molecule has 3 aliphatic rings.